The lowest BCUT2D eigenvalue weighted by atomic mass is 10.0. The Morgan fingerprint density at radius 1 is 0.565 bits per heavy atom. The van der Waals surface area contributed by atoms with Gasteiger partial charge in [0.05, 0.1) is 118 Å². The molecule has 0 aromatic heterocycles. The van der Waals surface area contributed by atoms with Crippen molar-refractivity contribution in [2.45, 2.75) is 68.7 Å². The minimum absolute atomic E-state index is 0.0201. The van der Waals surface area contributed by atoms with Gasteiger partial charge >= 0.3 is 12.0 Å². The Labute approximate surface area is 409 Å². The Hall–Kier alpha value is -4.58. The number of aliphatic carboxylic acids is 1. The number of thioether (sulfide) groups is 1. The van der Waals surface area contributed by atoms with Crippen LogP contribution >= 0.6 is 11.8 Å². The average Bonchev–Trinajstić information content (AvgIpc) is 3.91. The molecule has 21 heteroatoms. The number of hydrogen-bond acceptors (Lipinski definition) is 16. The maximum absolute atomic E-state index is 13.0. The van der Waals surface area contributed by atoms with Crippen molar-refractivity contribution in [1.29, 1.82) is 0 Å². The van der Waals surface area contributed by atoms with Crippen LogP contribution < -0.4 is 31.3 Å². The van der Waals surface area contributed by atoms with Crippen LogP contribution in [0.4, 0.5) is 10.5 Å². The monoisotopic (exact) mass is 991 g/mol. The Morgan fingerprint density at radius 2 is 1.12 bits per heavy atom. The molecule has 2 aliphatic heterocycles. The van der Waals surface area contributed by atoms with Crippen LogP contribution in [0, 0.1) is 0 Å². The summed E-state index contributed by atoms with van der Waals surface area (Å²) in [6, 6.07) is 14.6. The summed E-state index contributed by atoms with van der Waals surface area (Å²) in [7, 11) is 0. The first-order valence-electron chi connectivity index (χ1n) is 24.0. The van der Waals surface area contributed by atoms with E-state index < -0.39 is 5.97 Å². The van der Waals surface area contributed by atoms with Crippen molar-refractivity contribution in [3.05, 3.63) is 59.7 Å². The van der Waals surface area contributed by atoms with Crippen molar-refractivity contribution < 1.29 is 71.7 Å². The first kappa shape index (κ1) is 57.0. The predicted octanol–water partition coefficient (Wildman–Crippen LogP) is 3.40. The number of ketones is 1. The average molecular weight is 992 g/mol. The molecule has 0 bridgehead atoms. The summed E-state index contributed by atoms with van der Waals surface area (Å²) in [6.45, 7) is 7.68. The molecule has 4 amide bonds. The van der Waals surface area contributed by atoms with E-state index in [-0.39, 0.29) is 55.5 Å². The molecular formula is C48H73N5O15S. The second kappa shape index (κ2) is 36.4. The van der Waals surface area contributed by atoms with E-state index in [2.05, 4.69) is 26.6 Å². The van der Waals surface area contributed by atoms with Crippen LogP contribution in [0.2, 0.25) is 0 Å². The van der Waals surface area contributed by atoms with E-state index in [1.165, 1.54) is 0 Å². The first-order chi connectivity index (χ1) is 33.8. The number of unbranched alkanes of at least 4 members (excludes halogenated alkanes) is 1. The second-order valence-electron chi connectivity index (χ2n) is 16.0. The Kier molecular flexibility index (Phi) is 30.1. The van der Waals surface area contributed by atoms with Crippen molar-refractivity contribution >= 4 is 47.0 Å². The molecule has 2 aliphatic rings. The minimum atomic E-state index is -0.888. The van der Waals surface area contributed by atoms with E-state index in [9.17, 15) is 24.0 Å². The highest BCUT2D eigenvalue weighted by Gasteiger charge is 2.42. The molecule has 3 atom stereocenters. The standard InChI is InChI=1S/C48H73N5O15S/c54-43(7-3-19-60-23-26-63-31-32-66-33-34-67-36-51-44(55)6-2-1-5-42-46-41(35-69-42)52-48(59)53-46)50-17-4-20-68-40-14-10-38(11-15-40)47(58)37-8-12-39(13-9-37)49-18-22-62-25-28-65-30-29-64-27-24-61-21-16-45(56)57/h8-15,41-42,46,49H,1-7,16-36H2,(H,50,54)(H,51,55)(H,56,57)(H2,52,53,59). The van der Waals surface area contributed by atoms with E-state index in [4.69, 9.17) is 47.7 Å². The van der Waals surface area contributed by atoms with Crippen LogP contribution in [-0.2, 0) is 52.3 Å². The molecule has 2 fully saturated rings. The third-order valence-corrected chi connectivity index (χ3v) is 12.1. The van der Waals surface area contributed by atoms with E-state index in [1.54, 1.807) is 36.4 Å². The maximum Gasteiger partial charge on any atom is 0.315 e. The van der Waals surface area contributed by atoms with Gasteiger partial charge in [0.15, 0.2) is 5.78 Å². The van der Waals surface area contributed by atoms with Gasteiger partial charge < -0.3 is 74.3 Å². The van der Waals surface area contributed by atoms with Gasteiger partial charge in [0.2, 0.25) is 11.8 Å². The van der Waals surface area contributed by atoms with Crippen LogP contribution in [0.25, 0.3) is 0 Å². The smallest absolute Gasteiger partial charge is 0.315 e. The molecular weight excluding hydrogens is 919 g/mol. The van der Waals surface area contributed by atoms with Gasteiger partial charge in [0, 0.05) is 60.4 Å². The van der Waals surface area contributed by atoms with Crippen molar-refractivity contribution in [3.63, 3.8) is 0 Å². The molecule has 0 saturated carbocycles. The Balaban J connectivity index is 0.857. The number of carbonyl (C=O) groups excluding carboxylic acids is 4. The molecule has 0 aliphatic carbocycles. The Morgan fingerprint density at radius 3 is 1.75 bits per heavy atom. The van der Waals surface area contributed by atoms with Gasteiger partial charge in [-0.1, -0.05) is 6.42 Å². The summed E-state index contributed by atoms with van der Waals surface area (Å²) >= 11 is 1.88. The molecule has 2 heterocycles. The molecule has 6 N–H and O–H groups in total. The van der Waals surface area contributed by atoms with Gasteiger partial charge in [-0.2, -0.15) is 11.8 Å². The summed E-state index contributed by atoms with van der Waals surface area (Å²) < 4.78 is 49.3. The number of fused-ring (bicyclic) bond motifs is 1. The van der Waals surface area contributed by atoms with Crippen molar-refractivity contribution in [2.24, 2.45) is 0 Å². The van der Waals surface area contributed by atoms with Gasteiger partial charge in [-0.25, -0.2) is 4.79 Å². The number of nitrogens with one attached hydrogen (secondary N) is 5. The summed E-state index contributed by atoms with van der Waals surface area (Å²) in [5.41, 5.74) is 2.00. The van der Waals surface area contributed by atoms with Gasteiger partial charge in [0.1, 0.15) is 12.5 Å². The first-order valence-corrected chi connectivity index (χ1v) is 25.0. The Bertz CT molecular complexity index is 1750. The fourth-order valence-corrected chi connectivity index (χ4v) is 8.48. The van der Waals surface area contributed by atoms with Crippen molar-refractivity contribution in [3.8, 4) is 5.75 Å². The summed E-state index contributed by atoms with van der Waals surface area (Å²) in [4.78, 5) is 59.2. The molecule has 3 unspecified atom stereocenters. The van der Waals surface area contributed by atoms with Gasteiger partial charge in [-0.3, -0.25) is 19.2 Å². The highest BCUT2D eigenvalue weighted by atomic mass is 32.2. The van der Waals surface area contributed by atoms with Crippen molar-refractivity contribution in [1.82, 2.24) is 21.3 Å². The number of urea groups is 1. The highest BCUT2D eigenvalue weighted by molar-refractivity contribution is 8.00. The maximum atomic E-state index is 13.0. The molecule has 2 aromatic carbocycles. The fourth-order valence-electron chi connectivity index (χ4n) is 6.94. The van der Waals surface area contributed by atoms with E-state index in [0.29, 0.717) is 160 Å². The molecule has 0 radical (unpaired) electrons. The molecule has 0 spiro atoms. The van der Waals surface area contributed by atoms with Gasteiger partial charge in [-0.15, -0.1) is 0 Å². The number of carboxylic acid groups (broad SMARTS) is 1. The summed E-state index contributed by atoms with van der Waals surface area (Å²) in [5, 5.41) is 23.8. The third kappa shape index (κ3) is 26.3. The minimum Gasteiger partial charge on any atom is -0.494 e. The van der Waals surface area contributed by atoms with Crippen LogP contribution in [0.3, 0.4) is 0 Å². The van der Waals surface area contributed by atoms with E-state index in [0.717, 1.165) is 30.7 Å². The molecule has 2 saturated heterocycles. The summed E-state index contributed by atoms with van der Waals surface area (Å²) in [5.74, 6) is 0.520. The number of ether oxygens (including phenoxy) is 9. The predicted molar refractivity (Wildman–Crippen MR) is 258 cm³/mol. The normalized spacial score (nSPS) is 16.1. The van der Waals surface area contributed by atoms with Crippen LogP contribution in [-0.4, -0.2) is 183 Å². The lowest BCUT2D eigenvalue weighted by Crippen LogP contribution is -2.36. The van der Waals surface area contributed by atoms with Crippen molar-refractivity contribution in [2.75, 3.05) is 137 Å². The van der Waals surface area contributed by atoms with E-state index >= 15 is 0 Å². The molecule has 69 heavy (non-hydrogen) atoms. The number of benzene rings is 2. The van der Waals surface area contributed by atoms with E-state index in [1.807, 2.05) is 23.9 Å². The number of amides is 4. The zero-order valence-corrected chi connectivity index (χ0v) is 40.5. The lowest BCUT2D eigenvalue weighted by molar-refractivity contribution is -0.138. The molecule has 4 rings (SSSR count). The SMILES string of the molecule is O=C(O)CCOCCOCCOCCOCCNc1ccc(C(=O)c2ccc(OCCCNC(=O)CCCOCCOCCOCCOCNC(=O)CCCCC3SCC4NC(=O)NC43)cc2)cc1. The topological polar surface area (TPSA) is 249 Å². The van der Waals surface area contributed by atoms with Crippen LogP contribution in [0.15, 0.2) is 48.5 Å². The fraction of sp³-hybridized carbons (Fsp3) is 0.646. The molecule has 20 nitrogen and oxygen atoms in total. The number of rotatable bonds is 43. The number of anilines is 1. The number of hydrogen-bond donors (Lipinski definition) is 6. The highest BCUT2D eigenvalue weighted by Crippen LogP contribution is 2.33. The second-order valence-corrected chi connectivity index (χ2v) is 17.2. The van der Waals surface area contributed by atoms with Crippen LogP contribution in [0.1, 0.15) is 67.3 Å². The number of carboxylic acids is 1. The zero-order chi connectivity index (χ0) is 49.0. The molecule has 386 valence electrons. The lowest BCUT2D eigenvalue weighted by Gasteiger charge is -2.16. The zero-order valence-electron chi connectivity index (χ0n) is 39.7. The summed E-state index contributed by atoms with van der Waals surface area (Å²) in [6.07, 6.45) is 4.76. The quantitative estimate of drug-likeness (QED) is 0.0241. The number of carbonyl (C=O) groups is 5. The molecule has 2 aromatic rings. The van der Waals surface area contributed by atoms with Gasteiger partial charge in [-0.05, 0) is 74.2 Å². The van der Waals surface area contributed by atoms with Crippen LogP contribution in [0.5, 0.6) is 5.75 Å². The largest absolute Gasteiger partial charge is 0.494 e. The van der Waals surface area contributed by atoms with Gasteiger partial charge in [0.25, 0.3) is 0 Å². The third-order valence-electron chi connectivity index (χ3n) is 10.6.